The summed E-state index contributed by atoms with van der Waals surface area (Å²) in [5.74, 6) is 0.671. The van der Waals surface area contributed by atoms with Gasteiger partial charge in [-0.1, -0.05) is 94.8 Å². The van der Waals surface area contributed by atoms with E-state index in [1.54, 1.807) is 29.7 Å². The molecule has 0 radical (unpaired) electrons. The summed E-state index contributed by atoms with van der Waals surface area (Å²) in [5, 5.41) is 17.1. The lowest BCUT2D eigenvalue weighted by Crippen LogP contribution is -2.29. The molecule has 0 aliphatic rings. The number of hydrogen-bond donors (Lipinski definition) is 5. The van der Waals surface area contributed by atoms with Crippen molar-refractivity contribution in [3.05, 3.63) is 138 Å². The van der Waals surface area contributed by atoms with E-state index in [0.29, 0.717) is 29.3 Å². The fourth-order valence-electron chi connectivity index (χ4n) is 5.55. The Morgan fingerprint density at radius 2 is 1.63 bits per heavy atom. The Labute approximate surface area is 316 Å². The summed E-state index contributed by atoms with van der Waals surface area (Å²) in [4.78, 5) is 16.0. The topological polar surface area (TPSA) is 99.9 Å². The summed E-state index contributed by atoms with van der Waals surface area (Å²) in [5.41, 5.74) is 13.0. The molecule has 4 rings (SSSR count). The van der Waals surface area contributed by atoms with E-state index in [0.717, 1.165) is 67.0 Å². The zero-order valence-electron chi connectivity index (χ0n) is 31.2. The van der Waals surface area contributed by atoms with Crippen molar-refractivity contribution in [1.82, 2.24) is 10.2 Å². The number of nitrogen functional groups attached to an aromatic ring is 1. The minimum Gasteiger partial charge on any atom is -0.508 e. The van der Waals surface area contributed by atoms with E-state index in [2.05, 4.69) is 62.4 Å². The van der Waals surface area contributed by atoms with Gasteiger partial charge >= 0.3 is 0 Å². The normalized spacial score (nSPS) is 11.4. The molecule has 0 heterocycles. The summed E-state index contributed by atoms with van der Waals surface area (Å²) in [6.45, 7) is 16.3. The molecule has 0 aliphatic carbocycles. The van der Waals surface area contributed by atoms with Crippen molar-refractivity contribution in [3.8, 4) is 22.6 Å². The molecule has 0 saturated carbocycles. The van der Waals surface area contributed by atoms with Crippen molar-refractivity contribution >= 4 is 35.6 Å². The smallest absolute Gasteiger partial charge is 0.256 e. The maximum absolute atomic E-state index is 13.7. The average Bonchev–Trinajstić information content (AvgIpc) is 3.16. The Hall–Kier alpha value is -4.92. The van der Waals surface area contributed by atoms with E-state index in [4.69, 9.17) is 15.6 Å². The van der Waals surface area contributed by atoms with Crippen LogP contribution in [0.15, 0.2) is 126 Å². The van der Waals surface area contributed by atoms with Crippen LogP contribution in [-0.4, -0.2) is 42.2 Å². The molecular formula is C44H56N4O3S. The summed E-state index contributed by atoms with van der Waals surface area (Å²) in [6, 6.07) is 29.8. The first-order chi connectivity index (χ1) is 25.2. The molecule has 0 aliphatic heterocycles. The SMILES string of the molecule is C=C(NC(/C=C\S)=C(/C)CCCCC)c1ccc(NC(=O)c2ccccc2-c2ccccc2)c(OCCN(CC)CCC)c1.Nc1ccc(O)cc1. The lowest BCUT2D eigenvalue weighted by Gasteiger charge is -2.21. The zero-order valence-corrected chi connectivity index (χ0v) is 32.1. The first-order valence-electron chi connectivity index (χ1n) is 18.2. The number of rotatable bonds is 18. The number of anilines is 2. The molecule has 0 fully saturated rings. The van der Waals surface area contributed by atoms with Gasteiger partial charge in [0, 0.05) is 34.8 Å². The van der Waals surface area contributed by atoms with Crippen molar-refractivity contribution in [1.29, 1.82) is 0 Å². The van der Waals surface area contributed by atoms with Crippen LogP contribution < -0.4 is 21.1 Å². The quantitative estimate of drug-likeness (QED) is 0.0231. The highest BCUT2D eigenvalue weighted by Crippen LogP contribution is 2.31. The molecule has 0 bridgehead atoms. The Balaban J connectivity index is 0.000000801. The molecule has 0 aromatic heterocycles. The lowest BCUT2D eigenvalue weighted by atomic mass is 9.99. The first-order valence-corrected chi connectivity index (χ1v) is 18.7. The van der Waals surface area contributed by atoms with Gasteiger partial charge in [-0.05, 0) is 110 Å². The fourth-order valence-corrected chi connectivity index (χ4v) is 5.70. The summed E-state index contributed by atoms with van der Waals surface area (Å²) in [7, 11) is 0. The number of hydrogen-bond acceptors (Lipinski definition) is 7. The number of ether oxygens (including phenoxy) is 1. The minimum absolute atomic E-state index is 0.188. The van der Waals surface area contributed by atoms with Crippen LogP contribution in [0.4, 0.5) is 11.4 Å². The van der Waals surface area contributed by atoms with Crippen molar-refractivity contribution in [2.24, 2.45) is 0 Å². The molecule has 5 N–H and O–H groups in total. The molecule has 52 heavy (non-hydrogen) atoms. The van der Waals surface area contributed by atoms with E-state index in [9.17, 15) is 4.79 Å². The van der Waals surface area contributed by atoms with Crippen LogP contribution in [-0.2, 0) is 0 Å². The Bertz CT molecular complexity index is 1730. The number of thiol groups is 1. The fraction of sp³-hybridized carbons (Fsp3) is 0.295. The standard InChI is InChI=1S/C38H49N3O2S.C6H7NO/c1-6-9-11-16-29(4)35(23-27-44)39-30(5)32-21-22-36(37(28-32)43-26-25-41(8-3)24-7-2)40-38(42)34-20-15-14-19-33(34)31-17-12-10-13-18-31;7-5-1-3-6(8)4-2-5/h10,12-15,17-23,27-28,39,44H,5-9,11,16,24-26H2,1-4H3,(H,40,42);1-4,8H,7H2/b27-23-,35-29-;. The third kappa shape index (κ3) is 13.7. The van der Waals surface area contributed by atoms with Gasteiger partial charge in [-0.2, -0.15) is 12.6 Å². The van der Waals surface area contributed by atoms with Crippen molar-refractivity contribution < 1.29 is 14.6 Å². The number of carbonyl (C=O) groups is 1. The van der Waals surface area contributed by atoms with Crippen LogP contribution in [0.2, 0.25) is 0 Å². The number of carbonyl (C=O) groups excluding carboxylic acids is 1. The van der Waals surface area contributed by atoms with Gasteiger partial charge in [0.15, 0.2) is 0 Å². The van der Waals surface area contributed by atoms with Gasteiger partial charge in [0.1, 0.15) is 18.1 Å². The number of nitrogens with two attached hydrogens (primary N) is 1. The molecule has 0 unspecified atom stereocenters. The van der Waals surface area contributed by atoms with E-state index in [-0.39, 0.29) is 11.7 Å². The third-order valence-electron chi connectivity index (χ3n) is 8.52. The largest absolute Gasteiger partial charge is 0.508 e. The number of phenols is 1. The molecular weight excluding hydrogens is 665 g/mol. The molecule has 7 nitrogen and oxygen atoms in total. The number of likely N-dealkylation sites (N-methyl/N-ethyl adjacent to an activating group) is 1. The predicted octanol–water partition coefficient (Wildman–Crippen LogP) is 10.5. The van der Waals surface area contributed by atoms with Crippen molar-refractivity contribution in [3.63, 3.8) is 0 Å². The Morgan fingerprint density at radius 3 is 2.29 bits per heavy atom. The zero-order chi connectivity index (χ0) is 37.7. The van der Waals surface area contributed by atoms with Gasteiger partial charge in [-0.15, -0.1) is 0 Å². The van der Waals surface area contributed by atoms with Gasteiger partial charge in [0.2, 0.25) is 0 Å². The summed E-state index contributed by atoms with van der Waals surface area (Å²) < 4.78 is 6.36. The second kappa shape index (κ2) is 22.8. The van der Waals surface area contributed by atoms with Crippen molar-refractivity contribution in [2.75, 3.05) is 37.3 Å². The molecule has 4 aromatic rings. The Morgan fingerprint density at radius 1 is 0.923 bits per heavy atom. The monoisotopic (exact) mass is 720 g/mol. The highest BCUT2D eigenvalue weighted by Gasteiger charge is 2.16. The number of nitrogens with one attached hydrogen (secondary N) is 2. The van der Waals surface area contributed by atoms with Crippen LogP contribution in [0.1, 0.15) is 75.7 Å². The Kier molecular flexibility index (Phi) is 18.2. The van der Waals surface area contributed by atoms with Crippen LogP contribution in [0.5, 0.6) is 11.5 Å². The number of benzene rings is 4. The van der Waals surface area contributed by atoms with E-state index in [1.807, 2.05) is 78.9 Å². The number of aromatic hydroxyl groups is 1. The highest BCUT2D eigenvalue weighted by molar-refractivity contribution is 7.83. The number of allylic oxidation sites excluding steroid dienone is 2. The first kappa shape index (κ1) is 41.5. The van der Waals surface area contributed by atoms with Gasteiger partial charge in [-0.3, -0.25) is 4.79 Å². The van der Waals surface area contributed by atoms with Gasteiger partial charge in [-0.25, -0.2) is 0 Å². The molecule has 1 amide bonds. The third-order valence-corrected chi connectivity index (χ3v) is 8.67. The number of amides is 1. The number of nitrogens with zero attached hydrogens (tertiary/aromatic N) is 1. The van der Waals surface area contributed by atoms with Gasteiger partial charge < -0.3 is 31.1 Å². The maximum atomic E-state index is 13.7. The van der Waals surface area contributed by atoms with Crippen LogP contribution in [0, 0.1) is 0 Å². The van der Waals surface area contributed by atoms with Gasteiger partial charge in [0.05, 0.1) is 5.69 Å². The predicted molar refractivity (Wildman–Crippen MR) is 224 cm³/mol. The van der Waals surface area contributed by atoms with Gasteiger partial charge in [0.25, 0.3) is 5.91 Å². The molecule has 0 atom stereocenters. The second-order valence-corrected chi connectivity index (χ2v) is 12.8. The number of phenolic OH excluding ortho intramolecular Hbond substituents is 1. The summed E-state index contributed by atoms with van der Waals surface area (Å²) >= 11 is 4.32. The maximum Gasteiger partial charge on any atom is 0.256 e. The second-order valence-electron chi connectivity index (χ2n) is 12.5. The molecule has 0 saturated heterocycles. The minimum atomic E-state index is -0.188. The molecule has 8 heteroatoms. The molecule has 4 aromatic carbocycles. The average molecular weight is 721 g/mol. The number of unbranched alkanes of at least 4 members (excludes halogenated alkanes) is 2. The molecule has 0 spiro atoms. The molecule has 276 valence electrons. The van der Waals surface area contributed by atoms with E-state index in [1.165, 1.54) is 18.4 Å². The summed E-state index contributed by atoms with van der Waals surface area (Å²) in [6.07, 6.45) is 7.60. The van der Waals surface area contributed by atoms with Crippen LogP contribution in [0.25, 0.3) is 16.8 Å². The van der Waals surface area contributed by atoms with Crippen LogP contribution in [0.3, 0.4) is 0 Å². The lowest BCUT2D eigenvalue weighted by molar-refractivity contribution is 0.102. The van der Waals surface area contributed by atoms with Crippen LogP contribution >= 0.6 is 12.6 Å². The van der Waals surface area contributed by atoms with E-state index < -0.39 is 0 Å². The van der Waals surface area contributed by atoms with E-state index >= 15 is 0 Å². The van der Waals surface area contributed by atoms with Crippen molar-refractivity contribution in [2.45, 2.75) is 59.8 Å². The highest BCUT2D eigenvalue weighted by atomic mass is 32.1.